The summed E-state index contributed by atoms with van der Waals surface area (Å²) in [7, 11) is 1.50. The Hall–Kier alpha value is -2.33. The lowest BCUT2D eigenvalue weighted by Gasteiger charge is -2.09. The van der Waals surface area contributed by atoms with Gasteiger partial charge in [-0.05, 0) is 29.7 Å². The summed E-state index contributed by atoms with van der Waals surface area (Å²) in [6.07, 6.45) is 2.31. The molecular formula is C17H20N2O2. The van der Waals surface area contributed by atoms with Crippen molar-refractivity contribution in [2.24, 2.45) is 10.9 Å². The van der Waals surface area contributed by atoms with Crippen molar-refractivity contribution in [3.63, 3.8) is 0 Å². The third kappa shape index (κ3) is 5.28. The second kappa shape index (κ2) is 8.07. The van der Waals surface area contributed by atoms with Crippen LogP contribution >= 0.6 is 0 Å². The minimum absolute atomic E-state index is 0.152. The summed E-state index contributed by atoms with van der Waals surface area (Å²) < 4.78 is 5.74. The molecule has 0 radical (unpaired) electrons. The lowest BCUT2D eigenvalue weighted by Crippen LogP contribution is -2.24. The molecular weight excluding hydrogens is 264 g/mol. The monoisotopic (exact) mass is 284 g/mol. The van der Waals surface area contributed by atoms with E-state index < -0.39 is 0 Å². The topological polar surface area (TPSA) is 56.8 Å². The Labute approximate surface area is 125 Å². The molecule has 2 aromatic carbocycles. The number of hydrogen-bond acceptors (Lipinski definition) is 4. The van der Waals surface area contributed by atoms with Crippen LogP contribution in [0.25, 0.3) is 0 Å². The Balaban J connectivity index is 1.85. The van der Waals surface area contributed by atoms with Crippen LogP contribution in [0.3, 0.4) is 0 Å². The first-order valence-electron chi connectivity index (χ1n) is 6.86. The minimum Gasteiger partial charge on any atom is -0.489 e. The zero-order valence-electron chi connectivity index (χ0n) is 12.1. The van der Waals surface area contributed by atoms with Crippen LogP contribution in [0.1, 0.15) is 11.1 Å². The van der Waals surface area contributed by atoms with E-state index in [-0.39, 0.29) is 6.04 Å². The highest BCUT2D eigenvalue weighted by Gasteiger charge is 2.02. The summed E-state index contributed by atoms with van der Waals surface area (Å²) in [5, 5.41) is 3.67. The van der Waals surface area contributed by atoms with Gasteiger partial charge < -0.3 is 15.3 Å². The van der Waals surface area contributed by atoms with E-state index >= 15 is 0 Å². The number of oxime groups is 1. The van der Waals surface area contributed by atoms with E-state index in [2.05, 4.69) is 9.99 Å². The smallest absolute Gasteiger partial charge is 0.119 e. The van der Waals surface area contributed by atoms with E-state index in [1.54, 1.807) is 6.21 Å². The van der Waals surface area contributed by atoms with Crippen LogP contribution in [0.5, 0.6) is 5.75 Å². The highest BCUT2D eigenvalue weighted by molar-refractivity contribution is 5.63. The Morgan fingerprint density at radius 1 is 1.05 bits per heavy atom. The van der Waals surface area contributed by atoms with Crippen molar-refractivity contribution in [1.82, 2.24) is 0 Å². The van der Waals surface area contributed by atoms with Crippen LogP contribution in [-0.4, -0.2) is 19.4 Å². The van der Waals surface area contributed by atoms with Crippen molar-refractivity contribution in [3.8, 4) is 5.75 Å². The third-order valence-electron chi connectivity index (χ3n) is 3.00. The van der Waals surface area contributed by atoms with Gasteiger partial charge >= 0.3 is 0 Å². The Morgan fingerprint density at radius 3 is 2.43 bits per heavy atom. The predicted octanol–water partition coefficient (Wildman–Crippen LogP) is 2.77. The first-order chi connectivity index (χ1) is 10.3. The summed E-state index contributed by atoms with van der Waals surface area (Å²) >= 11 is 0. The molecule has 0 saturated heterocycles. The summed E-state index contributed by atoms with van der Waals surface area (Å²) in [5.41, 5.74) is 8.19. The second-order valence-electron chi connectivity index (χ2n) is 4.72. The van der Waals surface area contributed by atoms with E-state index in [0.717, 1.165) is 16.9 Å². The van der Waals surface area contributed by atoms with E-state index in [1.807, 2.05) is 54.6 Å². The van der Waals surface area contributed by atoms with Gasteiger partial charge in [-0.3, -0.25) is 0 Å². The van der Waals surface area contributed by atoms with Gasteiger partial charge in [0.15, 0.2) is 0 Å². The largest absolute Gasteiger partial charge is 0.489 e. The van der Waals surface area contributed by atoms with Crippen LogP contribution in [0.15, 0.2) is 59.8 Å². The van der Waals surface area contributed by atoms with Crippen LogP contribution in [0, 0.1) is 0 Å². The van der Waals surface area contributed by atoms with Gasteiger partial charge in [0.1, 0.15) is 19.5 Å². The lowest BCUT2D eigenvalue weighted by molar-refractivity contribution is 0.214. The number of nitrogens with zero attached hydrogens (tertiary/aromatic N) is 1. The molecule has 110 valence electrons. The average Bonchev–Trinajstić information content (AvgIpc) is 2.53. The maximum atomic E-state index is 5.90. The fourth-order valence-electron chi connectivity index (χ4n) is 1.93. The van der Waals surface area contributed by atoms with Crippen molar-refractivity contribution >= 4 is 6.21 Å². The summed E-state index contributed by atoms with van der Waals surface area (Å²) in [6.45, 7) is 0.570. The molecule has 1 atom stereocenters. The van der Waals surface area contributed by atoms with Gasteiger partial charge in [0.05, 0.1) is 6.21 Å². The molecule has 2 aromatic rings. The van der Waals surface area contributed by atoms with Crippen molar-refractivity contribution in [1.29, 1.82) is 0 Å². The van der Waals surface area contributed by atoms with Gasteiger partial charge in [-0.15, -0.1) is 0 Å². The van der Waals surface area contributed by atoms with Crippen molar-refractivity contribution < 1.29 is 9.57 Å². The van der Waals surface area contributed by atoms with Gasteiger partial charge in [0.25, 0.3) is 0 Å². The van der Waals surface area contributed by atoms with E-state index in [9.17, 15) is 0 Å². The molecule has 0 aliphatic heterocycles. The highest BCUT2D eigenvalue weighted by atomic mass is 16.6. The molecule has 0 unspecified atom stereocenters. The maximum absolute atomic E-state index is 5.90. The number of rotatable bonds is 7. The van der Waals surface area contributed by atoms with E-state index in [0.29, 0.717) is 13.0 Å². The number of nitrogens with two attached hydrogens (primary N) is 1. The maximum Gasteiger partial charge on any atom is 0.119 e. The first-order valence-corrected chi connectivity index (χ1v) is 6.86. The number of benzene rings is 2. The van der Waals surface area contributed by atoms with Crippen molar-refractivity contribution in [2.45, 2.75) is 19.1 Å². The van der Waals surface area contributed by atoms with Gasteiger partial charge in [0.2, 0.25) is 0 Å². The van der Waals surface area contributed by atoms with Crippen molar-refractivity contribution in [3.05, 3.63) is 65.7 Å². The normalized spacial score (nSPS) is 12.3. The highest BCUT2D eigenvalue weighted by Crippen LogP contribution is 2.15. The SMILES string of the molecule is CON=C[C@@H](N)Cc1ccc(OCc2ccccc2)cc1. The summed E-state index contributed by atoms with van der Waals surface area (Å²) in [6, 6.07) is 17.9. The molecule has 0 aromatic heterocycles. The van der Waals surface area contributed by atoms with Crippen LogP contribution in [0.4, 0.5) is 0 Å². The van der Waals surface area contributed by atoms with Gasteiger partial charge in [-0.25, -0.2) is 0 Å². The molecule has 0 aliphatic rings. The summed E-state index contributed by atoms with van der Waals surface area (Å²) in [4.78, 5) is 4.61. The molecule has 0 aliphatic carbocycles. The molecule has 2 rings (SSSR count). The molecule has 4 nitrogen and oxygen atoms in total. The third-order valence-corrected chi connectivity index (χ3v) is 3.00. The summed E-state index contributed by atoms with van der Waals surface area (Å²) in [5.74, 6) is 0.849. The molecule has 0 saturated carbocycles. The molecule has 0 fully saturated rings. The molecule has 2 N–H and O–H groups in total. The predicted molar refractivity (Wildman–Crippen MR) is 84.4 cm³/mol. The molecule has 0 spiro atoms. The number of hydrogen-bond donors (Lipinski definition) is 1. The first kappa shape index (κ1) is 15.1. The fourth-order valence-corrected chi connectivity index (χ4v) is 1.93. The standard InChI is InChI=1S/C17H20N2O2/c1-20-19-12-16(18)11-14-7-9-17(10-8-14)21-13-15-5-3-2-4-6-15/h2-10,12,16H,11,13,18H2,1H3/t16-/m0/s1. The average molecular weight is 284 g/mol. The quantitative estimate of drug-likeness (QED) is 0.628. The lowest BCUT2D eigenvalue weighted by atomic mass is 10.1. The Morgan fingerprint density at radius 2 is 1.76 bits per heavy atom. The molecule has 4 heteroatoms. The van der Waals surface area contributed by atoms with E-state index in [4.69, 9.17) is 10.5 Å². The number of ether oxygens (including phenoxy) is 1. The van der Waals surface area contributed by atoms with Crippen LogP contribution in [-0.2, 0) is 17.9 Å². The minimum atomic E-state index is -0.152. The van der Waals surface area contributed by atoms with Crippen LogP contribution < -0.4 is 10.5 Å². The molecule has 0 bridgehead atoms. The zero-order valence-corrected chi connectivity index (χ0v) is 12.1. The van der Waals surface area contributed by atoms with Crippen LogP contribution in [0.2, 0.25) is 0 Å². The molecule has 0 amide bonds. The fraction of sp³-hybridized carbons (Fsp3) is 0.235. The Kier molecular flexibility index (Phi) is 5.79. The van der Waals surface area contributed by atoms with Crippen molar-refractivity contribution in [2.75, 3.05) is 7.11 Å². The van der Waals surface area contributed by atoms with Gasteiger partial charge in [-0.2, -0.15) is 0 Å². The van der Waals surface area contributed by atoms with Gasteiger partial charge in [-0.1, -0.05) is 47.6 Å². The Bertz CT molecular complexity index is 553. The molecule has 21 heavy (non-hydrogen) atoms. The zero-order chi connectivity index (χ0) is 14.9. The molecule has 0 heterocycles. The second-order valence-corrected chi connectivity index (χ2v) is 4.72. The van der Waals surface area contributed by atoms with Gasteiger partial charge in [0, 0.05) is 6.04 Å². The van der Waals surface area contributed by atoms with E-state index in [1.165, 1.54) is 7.11 Å².